The normalized spacial score (nSPS) is 22.5. The summed E-state index contributed by atoms with van der Waals surface area (Å²) in [7, 11) is 0. The van der Waals surface area contributed by atoms with Crippen LogP contribution in [0.4, 0.5) is 0 Å². The second kappa shape index (κ2) is 7.05. The van der Waals surface area contributed by atoms with Crippen molar-refractivity contribution >= 4 is 5.97 Å². The van der Waals surface area contributed by atoms with Crippen molar-refractivity contribution in [1.29, 1.82) is 0 Å². The molecule has 1 saturated heterocycles. The number of carbonyl (C=O) groups is 1. The van der Waals surface area contributed by atoms with E-state index < -0.39 is 6.04 Å². The number of benzene rings is 1. The summed E-state index contributed by atoms with van der Waals surface area (Å²) in [6.45, 7) is 7.11. The largest absolute Gasteiger partial charge is 0.465 e. The van der Waals surface area contributed by atoms with Crippen molar-refractivity contribution in [3.63, 3.8) is 0 Å². The zero-order valence-corrected chi connectivity index (χ0v) is 13.1. The average molecular weight is 291 g/mol. The molecule has 0 aromatic heterocycles. The lowest BCUT2D eigenvalue weighted by Crippen LogP contribution is -2.46. The summed E-state index contributed by atoms with van der Waals surface area (Å²) in [6, 6.07) is 9.59. The number of ether oxygens (including phenoxy) is 2. The van der Waals surface area contributed by atoms with E-state index in [-0.39, 0.29) is 17.6 Å². The van der Waals surface area contributed by atoms with Crippen LogP contribution < -0.4 is 5.32 Å². The van der Waals surface area contributed by atoms with Gasteiger partial charge >= 0.3 is 5.97 Å². The molecule has 2 atom stereocenters. The van der Waals surface area contributed by atoms with Crippen molar-refractivity contribution in [2.75, 3.05) is 13.2 Å². The Morgan fingerprint density at radius 1 is 1.43 bits per heavy atom. The first kappa shape index (κ1) is 16.0. The fraction of sp³-hybridized carbons (Fsp3) is 0.588. The van der Waals surface area contributed by atoms with E-state index in [2.05, 4.69) is 19.2 Å². The molecule has 0 saturated carbocycles. The Hall–Kier alpha value is -1.39. The average Bonchev–Trinajstić information content (AvgIpc) is 2.45. The molecule has 1 aliphatic heterocycles. The van der Waals surface area contributed by atoms with Crippen molar-refractivity contribution in [1.82, 2.24) is 5.32 Å². The number of esters is 1. The highest BCUT2D eigenvalue weighted by Gasteiger charge is 2.32. The Morgan fingerprint density at radius 2 is 2.14 bits per heavy atom. The molecule has 0 amide bonds. The van der Waals surface area contributed by atoms with Crippen molar-refractivity contribution < 1.29 is 14.3 Å². The van der Waals surface area contributed by atoms with Crippen LogP contribution in [0.15, 0.2) is 30.3 Å². The van der Waals surface area contributed by atoms with Crippen LogP contribution >= 0.6 is 0 Å². The smallest absolute Gasteiger partial charge is 0.327 e. The van der Waals surface area contributed by atoms with E-state index in [1.807, 2.05) is 37.3 Å². The zero-order valence-electron chi connectivity index (χ0n) is 13.1. The summed E-state index contributed by atoms with van der Waals surface area (Å²) in [5.74, 6) is -0.215. The molecule has 1 heterocycles. The van der Waals surface area contributed by atoms with Crippen molar-refractivity contribution in [2.24, 2.45) is 0 Å². The lowest BCUT2D eigenvalue weighted by atomic mass is 9.92. The minimum atomic E-state index is -0.412. The summed E-state index contributed by atoms with van der Waals surface area (Å²) < 4.78 is 11.0. The maximum Gasteiger partial charge on any atom is 0.327 e. The summed E-state index contributed by atoms with van der Waals surface area (Å²) in [5, 5.41) is 3.46. The molecular formula is C17H25NO3. The molecule has 0 bridgehead atoms. The molecule has 1 aromatic rings. The van der Waals surface area contributed by atoms with E-state index in [0.29, 0.717) is 6.61 Å². The number of carbonyl (C=O) groups excluding carboxylic acids is 1. The lowest BCUT2D eigenvalue weighted by Gasteiger charge is -2.37. The standard InChI is InChI=1S/C17H25NO3/c1-4-20-16(19)15(13-8-6-5-7-9-13)18-14-10-11-21-17(2,3)12-14/h5-9,14-15,18H,4,10-12H2,1-3H3. The Kier molecular flexibility index (Phi) is 5.37. The van der Waals surface area contributed by atoms with Gasteiger partial charge in [0, 0.05) is 12.6 Å². The van der Waals surface area contributed by atoms with E-state index in [4.69, 9.17) is 9.47 Å². The van der Waals surface area contributed by atoms with Crippen LogP contribution in [0.2, 0.25) is 0 Å². The topological polar surface area (TPSA) is 47.6 Å². The molecule has 0 aliphatic carbocycles. The van der Waals surface area contributed by atoms with Gasteiger partial charge in [-0.1, -0.05) is 30.3 Å². The number of nitrogens with one attached hydrogen (secondary N) is 1. The maximum atomic E-state index is 12.3. The van der Waals surface area contributed by atoms with Gasteiger partial charge in [0.2, 0.25) is 0 Å². The predicted octanol–water partition coefficient (Wildman–Crippen LogP) is 2.84. The van der Waals surface area contributed by atoms with E-state index in [9.17, 15) is 4.79 Å². The highest BCUT2D eigenvalue weighted by molar-refractivity contribution is 5.77. The monoisotopic (exact) mass is 291 g/mol. The Labute approximate surface area is 126 Å². The van der Waals surface area contributed by atoms with Gasteiger partial charge in [0.1, 0.15) is 6.04 Å². The molecule has 4 nitrogen and oxygen atoms in total. The molecule has 0 radical (unpaired) electrons. The molecule has 2 unspecified atom stereocenters. The highest BCUT2D eigenvalue weighted by atomic mass is 16.5. The van der Waals surface area contributed by atoms with Gasteiger partial charge in [-0.3, -0.25) is 5.32 Å². The zero-order chi connectivity index (χ0) is 15.3. The molecule has 1 N–H and O–H groups in total. The fourth-order valence-electron chi connectivity index (χ4n) is 2.78. The summed E-state index contributed by atoms with van der Waals surface area (Å²) >= 11 is 0. The Balaban J connectivity index is 2.11. The van der Waals surface area contributed by atoms with Gasteiger partial charge in [0.15, 0.2) is 0 Å². The van der Waals surface area contributed by atoms with Crippen LogP contribution in [0.25, 0.3) is 0 Å². The molecule has 2 rings (SSSR count). The van der Waals surface area contributed by atoms with Crippen molar-refractivity contribution in [3.05, 3.63) is 35.9 Å². The third-order valence-corrected chi connectivity index (χ3v) is 3.75. The van der Waals surface area contributed by atoms with Crippen LogP contribution in [0.3, 0.4) is 0 Å². The van der Waals surface area contributed by atoms with E-state index >= 15 is 0 Å². The minimum absolute atomic E-state index is 0.147. The first-order chi connectivity index (χ1) is 10.0. The van der Waals surface area contributed by atoms with Gasteiger partial charge < -0.3 is 9.47 Å². The SMILES string of the molecule is CCOC(=O)C(NC1CCOC(C)(C)C1)c1ccccc1. The van der Waals surface area contributed by atoms with Gasteiger partial charge in [0.25, 0.3) is 0 Å². The second-order valence-corrected chi connectivity index (χ2v) is 6.06. The van der Waals surface area contributed by atoms with Gasteiger partial charge in [-0.15, -0.1) is 0 Å². The second-order valence-electron chi connectivity index (χ2n) is 6.06. The number of hydrogen-bond donors (Lipinski definition) is 1. The summed E-state index contributed by atoms with van der Waals surface area (Å²) in [5.41, 5.74) is 0.798. The Bertz CT molecular complexity index is 458. The quantitative estimate of drug-likeness (QED) is 0.847. The molecule has 1 fully saturated rings. The fourth-order valence-corrected chi connectivity index (χ4v) is 2.78. The third-order valence-electron chi connectivity index (χ3n) is 3.75. The molecule has 21 heavy (non-hydrogen) atoms. The molecule has 116 valence electrons. The van der Waals surface area contributed by atoms with E-state index in [0.717, 1.165) is 25.0 Å². The molecule has 1 aromatic carbocycles. The van der Waals surface area contributed by atoms with Crippen LogP contribution in [-0.4, -0.2) is 30.8 Å². The Morgan fingerprint density at radius 3 is 2.76 bits per heavy atom. The number of rotatable bonds is 5. The van der Waals surface area contributed by atoms with E-state index in [1.54, 1.807) is 0 Å². The number of hydrogen-bond acceptors (Lipinski definition) is 4. The van der Waals surface area contributed by atoms with Gasteiger partial charge in [-0.2, -0.15) is 0 Å². The highest BCUT2D eigenvalue weighted by Crippen LogP contribution is 2.26. The van der Waals surface area contributed by atoms with Gasteiger partial charge in [-0.25, -0.2) is 4.79 Å². The van der Waals surface area contributed by atoms with Crippen LogP contribution in [0.1, 0.15) is 45.2 Å². The van der Waals surface area contributed by atoms with Crippen LogP contribution in [-0.2, 0) is 14.3 Å². The molecule has 1 aliphatic rings. The summed E-state index contributed by atoms with van der Waals surface area (Å²) in [6.07, 6.45) is 1.79. The van der Waals surface area contributed by atoms with Gasteiger partial charge in [0.05, 0.1) is 12.2 Å². The van der Waals surface area contributed by atoms with Crippen LogP contribution in [0.5, 0.6) is 0 Å². The molecule has 4 heteroatoms. The predicted molar refractivity (Wildman–Crippen MR) is 82.0 cm³/mol. The first-order valence-corrected chi connectivity index (χ1v) is 7.63. The first-order valence-electron chi connectivity index (χ1n) is 7.63. The molecule has 0 spiro atoms. The minimum Gasteiger partial charge on any atom is -0.465 e. The van der Waals surface area contributed by atoms with E-state index in [1.165, 1.54) is 0 Å². The van der Waals surface area contributed by atoms with Crippen molar-refractivity contribution in [2.45, 2.75) is 51.3 Å². The lowest BCUT2D eigenvalue weighted by molar-refractivity contribution is -0.146. The summed E-state index contributed by atoms with van der Waals surface area (Å²) in [4.78, 5) is 12.3. The van der Waals surface area contributed by atoms with Gasteiger partial charge in [-0.05, 0) is 39.2 Å². The maximum absolute atomic E-state index is 12.3. The van der Waals surface area contributed by atoms with Crippen LogP contribution in [0, 0.1) is 0 Å². The third kappa shape index (κ3) is 4.55. The van der Waals surface area contributed by atoms with Crippen molar-refractivity contribution in [3.8, 4) is 0 Å². The molecular weight excluding hydrogens is 266 g/mol.